The van der Waals surface area contributed by atoms with Gasteiger partial charge in [0.05, 0.1) is 6.04 Å². The molecule has 6 nitrogen and oxygen atoms in total. The number of guanidine groups is 1. The first-order valence-corrected chi connectivity index (χ1v) is 12.4. The normalized spacial score (nSPS) is 17.7. The van der Waals surface area contributed by atoms with E-state index in [2.05, 4.69) is 50.9 Å². The molecule has 34 heavy (non-hydrogen) atoms. The highest BCUT2D eigenvalue weighted by atomic mass is 127. The highest BCUT2D eigenvalue weighted by Crippen LogP contribution is 2.24. The molecule has 0 saturated carbocycles. The van der Waals surface area contributed by atoms with Crippen LogP contribution in [-0.4, -0.2) is 61.4 Å². The monoisotopic (exact) mass is 575 g/mol. The number of nitrogens with one attached hydrogen (secondary N) is 2. The third kappa shape index (κ3) is 7.18. The maximum Gasteiger partial charge on any atom is 0.253 e. The zero-order valence-electron chi connectivity index (χ0n) is 20.2. The fraction of sp³-hybridized carbons (Fsp3) is 0.481. The molecule has 0 aliphatic carbocycles. The summed E-state index contributed by atoms with van der Waals surface area (Å²) in [7, 11) is 1.81. The topological polar surface area (TPSA) is 60.0 Å². The van der Waals surface area contributed by atoms with Crippen LogP contribution in [0.4, 0.5) is 0 Å². The van der Waals surface area contributed by atoms with Gasteiger partial charge in [0.2, 0.25) is 0 Å². The van der Waals surface area contributed by atoms with Crippen molar-refractivity contribution in [3.63, 3.8) is 0 Å². The SMILES string of the molecule is CN=C(NCc1ccc(C(=O)N2CCCCC2)cc1)NCC(c1ccccc1)N1CCCC1.I. The Balaban J connectivity index is 0.00000324. The number of carbonyl (C=O) groups is 1. The molecule has 1 amide bonds. The van der Waals surface area contributed by atoms with Crippen molar-refractivity contribution < 1.29 is 4.79 Å². The third-order valence-corrected chi connectivity index (χ3v) is 6.76. The van der Waals surface area contributed by atoms with Crippen LogP contribution in [0.15, 0.2) is 59.6 Å². The minimum absolute atomic E-state index is 0. The van der Waals surface area contributed by atoms with Crippen molar-refractivity contribution in [2.45, 2.75) is 44.7 Å². The number of hydrogen-bond donors (Lipinski definition) is 2. The molecule has 184 valence electrons. The Morgan fingerprint density at radius 1 is 0.882 bits per heavy atom. The van der Waals surface area contributed by atoms with E-state index in [0.29, 0.717) is 12.6 Å². The largest absolute Gasteiger partial charge is 0.354 e. The summed E-state index contributed by atoms with van der Waals surface area (Å²) in [6.07, 6.45) is 6.00. The first-order chi connectivity index (χ1) is 16.2. The summed E-state index contributed by atoms with van der Waals surface area (Å²) in [4.78, 5) is 21.6. The van der Waals surface area contributed by atoms with Gasteiger partial charge in [-0.3, -0.25) is 14.7 Å². The Kier molecular flexibility index (Phi) is 10.7. The average molecular weight is 576 g/mol. The molecule has 1 unspecified atom stereocenters. The number of carbonyl (C=O) groups excluding carboxylic acids is 1. The van der Waals surface area contributed by atoms with Gasteiger partial charge in [-0.25, -0.2) is 0 Å². The van der Waals surface area contributed by atoms with Crippen molar-refractivity contribution in [2.75, 3.05) is 39.8 Å². The van der Waals surface area contributed by atoms with E-state index >= 15 is 0 Å². The summed E-state index contributed by atoms with van der Waals surface area (Å²) in [5, 5.41) is 6.94. The van der Waals surface area contributed by atoms with Crippen LogP contribution in [0.25, 0.3) is 0 Å². The van der Waals surface area contributed by atoms with Gasteiger partial charge in [0.25, 0.3) is 5.91 Å². The molecule has 0 radical (unpaired) electrons. The number of hydrogen-bond acceptors (Lipinski definition) is 3. The molecule has 7 heteroatoms. The molecule has 0 aromatic heterocycles. The van der Waals surface area contributed by atoms with E-state index in [1.807, 2.05) is 36.2 Å². The number of aliphatic imine (C=N–C) groups is 1. The van der Waals surface area contributed by atoms with Gasteiger partial charge in [-0.1, -0.05) is 42.5 Å². The fourth-order valence-corrected chi connectivity index (χ4v) is 4.83. The second-order valence-electron chi connectivity index (χ2n) is 9.03. The van der Waals surface area contributed by atoms with E-state index in [9.17, 15) is 4.79 Å². The molecule has 2 aromatic carbocycles. The molecule has 2 heterocycles. The van der Waals surface area contributed by atoms with Crippen molar-refractivity contribution >= 4 is 35.8 Å². The van der Waals surface area contributed by atoms with Crippen LogP contribution in [0.1, 0.15) is 59.6 Å². The number of amides is 1. The van der Waals surface area contributed by atoms with Gasteiger partial charge in [0.15, 0.2) is 5.96 Å². The second-order valence-corrected chi connectivity index (χ2v) is 9.03. The predicted molar refractivity (Wildman–Crippen MR) is 150 cm³/mol. The number of nitrogens with zero attached hydrogens (tertiary/aromatic N) is 3. The number of piperidine rings is 1. The lowest BCUT2D eigenvalue weighted by atomic mass is 10.1. The van der Waals surface area contributed by atoms with Gasteiger partial charge in [-0.05, 0) is 68.5 Å². The van der Waals surface area contributed by atoms with Crippen LogP contribution >= 0.6 is 24.0 Å². The van der Waals surface area contributed by atoms with Crippen molar-refractivity contribution in [3.05, 3.63) is 71.3 Å². The van der Waals surface area contributed by atoms with E-state index in [-0.39, 0.29) is 29.9 Å². The molecule has 4 rings (SSSR count). The summed E-state index contributed by atoms with van der Waals surface area (Å²) in [6.45, 7) is 5.53. The van der Waals surface area contributed by atoms with Crippen LogP contribution in [0, 0.1) is 0 Å². The predicted octanol–water partition coefficient (Wildman–Crippen LogP) is 4.43. The van der Waals surface area contributed by atoms with Crippen molar-refractivity contribution in [2.24, 2.45) is 4.99 Å². The van der Waals surface area contributed by atoms with Gasteiger partial charge in [-0.2, -0.15) is 0 Å². The Bertz CT molecular complexity index is 906. The molecule has 2 aliphatic rings. The zero-order valence-corrected chi connectivity index (χ0v) is 22.5. The number of benzene rings is 2. The minimum Gasteiger partial charge on any atom is -0.354 e. The molecule has 0 spiro atoms. The van der Waals surface area contributed by atoms with E-state index < -0.39 is 0 Å². The number of halogens is 1. The number of likely N-dealkylation sites (tertiary alicyclic amines) is 2. The van der Waals surface area contributed by atoms with Gasteiger partial charge in [0.1, 0.15) is 0 Å². The minimum atomic E-state index is 0. The molecule has 2 aromatic rings. The van der Waals surface area contributed by atoms with Gasteiger partial charge >= 0.3 is 0 Å². The standard InChI is InChI=1S/C27H37N5O.HI/c1-28-27(30-21-25(31-16-8-9-17-31)23-10-4-2-5-11-23)29-20-22-12-14-24(15-13-22)26(33)32-18-6-3-7-19-32;/h2,4-5,10-15,25H,3,6-9,16-21H2,1H3,(H2,28,29,30);1H. The summed E-state index contributed by atoms with van der Waals surface area (Å²) in [5.41, 5.74) is 3.25. The molecule has 2 N–H and O–H groups in total. The van der Waals surface area contributed by atoms with E-state index in [1.54, 1.807) is 0 Å². The number of rotatable bonds is 7. The maximum absolute atomic E-state index is 12.7. The Morgan fingerprint density at radius 2 is 1.53 bits per heavy atom. The Morgan fingerprint density at radius 3 is 2.18 bits per heavy atom. The van der Waals surface area contributed by atoms with Crippen LogP contribution < -0.4 is 10.6 Å². The van der Waals surface area contributed by atoms with Gasteiger partial charge in [-0.15, -0.1) is 24.0 Å². The molecule has 2 fully saturated rings. The lowest BCUT2D eigenvalue weighted by Crippen LogP contribution is -2.42. The molecule has 2 saturated heterocycles. The van der Waals surface area contributed by atoms with Crippen molar-refractivity contribution in [3.8, 4) is 0 Å². The third-order valence-electron chi connectivity index (χ3n) is 6.76. The smallest absolute Gasteiger partial charge is 0.253 e. The molecule has 2 aliphatic heterocycles. The van der Waals surface area contributed by atoms with Crippen molar-refractivity contribution in [1.82, 2.24) is 20.4 Å². The van der Waals surface area contributed by atoms with E-state index in [1.165, 1.54) is 24.8 Å². The first-order valence-electron chi connectivity index (χ1n) is 12.4. The van der Waals surface area contributed by atoms with Crippen molar-refractivity contribution in [1.29, 1.82) is 0 Å². The van der Waals surface area contributed by atoms with E-state index in [4.69, 9.17) is 0 Å². The van der Waals surface area contributed by atoms with Gasteiger partial charge < -0.3 is 15.5 Å². The summed E-state index contributed by atoms with van der Waals surface area (Å²) in [6, 6.07) is 19.0. The summed E-state index contributed by atoms with van der Waals surface area (Å²) >= 11 is 0. The molecular weight excluding hydrogens is 537 g/mol. The second kappa shape index (κ2) is 13.7. The zero-order chi connectivity index (χ0) is 22.9. The molecular formula is C27H38IN5O. The maximum atomic E-state index is 12.7. The first kappa shape index (κ1) is 26.5. The van der Waals surface area contributed by atoms with Crippen LogP contribution in [0.3, 0.4) is 0 Å². The summed E-state index contributed by atoms with van der Waals surface area (Å²) in [5.74, 6) is 0.948. The fourth-order valence-electron chi connectivity index (χ4n) is 4.83. The lowest BCUT2D eigenvalue weighted by Gasteiger charge is -2.29. The van der Waals surface area contributed by atoms with Crippen LogP contribution in [0.5, 0.6) is 0 Å². The highest BCUT2D eigenvalue weighted by Gasteiger charge is 2.23. The molecule has 0 bridgehead atoms. The summed E-state index contributed by atoms with van der Waals surface area (Å²) < 4.78 is 0. The highest BCUT2D eigenvalue weighted by molar-refractivity contribution is 14.0. The average Bonchev–Trinajstić information content (AvgIpc) is 3.42. The molecule has 1 atom stereocenters. The Labute approximate surface area is 221 Å². The van der Waals surface area contributed by atoms with Crippen LogP contribution in [0.2, 0.25) is 0 Å². The van der Waals surface area contributed by atoms with Crippen LogP contribution in [-0.2, 0) is 6.54 Å². The lowest BCUT2D eigenvalue weighted by molar-refractivity contribution is 0.0724. The van der Waals surface area contributed by atoms with Gasteiger partial charge in [0, 0.05) is 38.8 Å². The Hall–Kier alpha value is -2.13. The van der Waals surface area contributed by atoms with E-state index in [0.717, 1.165) is 62.7 Å². The quantitative estimate of drug-likeness (QED) is 0.292.